The van der Waals surface area contributed by atoms with Gasteiger partial charge in [0.1, 0.15) is 11.5 Å². The summed E-state index contributed by atoms with van der Waals surface area (Å²) >= 11 is 5.99. The average molecular weight is 477 g/mol. The van der Waals surface area contributed by atoms with Crippen LogP contribution in [-0.2, 0) is 16.1 Å². The Morgan fingerprint density at radius 2 is 1.79 bits per heavy atom. The second kappa shape index (κ2) is 10.1. The third-order valence-electron chi connectivity index (χ3n) is 5.52. The summed E-state index contributed by atoms with van der Waals surface area (Å²) in [5.74, 6) is -0.685. The Labute approximate surface area is 203 Å². The molecule has 1 unspecified atom stereocenters. The van der Waals surface area contributed by atoms with E-state index in [1.54, 1.807) is 48.8 Å². The molecule has 0 radical (unpaired) electrons. The number of carbonyl (C=O) groups excluding carboxylic acids is 2. The van der Waals surface area contributed by atoms with Crippen molar-refractivity contribution in [2.75, 3.05) is 6.61 Å². The smallest absolute Gasteiger partial charge is 0.295 e. The van der Waals surface area contributed by atoms with Crippen LogP contribution in [0.15, 0.2) is 78.6 Å². The van der Waals surface area contributed by atoms with E-state index >= 15 is 0 Å². The van der Waals surface area contributed by atoms with Crippen LogP contribution in [0.2, 0.25) is 5.02 Å². The first kappa shape index (κ1) is 23.5. The highest BCUT2D eigenvalue weighted by Crippen LogP contribution is 2.41. The molecule has 3 aromatic rings. The number of ether oxygens (including phenoxy) is 1. The summed E-state index contributed by atoms with van der Waals surface area (Å²) in [4.78, 5) is 31.8. The first-order valence-electron chi connectivity index (χ1n) is 11.0. The normalized spacial score (nSPS) is 17.4. The van der Waals surface area contributed by atoms with Crippen molar-refractivity contribution in [2.24, 2.45) is 5.92 Å². The van der Waals surface area contributed by atoms with Crippen molar-refractivity contribution in [1.29, 1.82) is 0 Å². The maximum absolute atomic E-state index is 13.2. The van der Waals surface area contributed by atoms with Gasteiger partial charge in [0, 0.05) is 29.5 Å². The highest BCUT2D eigenvalue weighted by atomic mass is 35.5. The lowest BCUT2D eigenvalue weighted by molar-refractivity contribution is -0.140. The first-order chi connectivity index (χ1) is 16.3. The number of aliphatic hydroxyl groups excluding tert-OH is 1. The Balaban J connectivity index is 1.82. The number of carbonyl (C=O) groups is 2. The molecule has 174 valence electrons. The molecule has 1 amide bonds. The molecule has 1 aromatic heterocycles. The molecule has 1 aliphatic rings. The summed E-state index contributed by atoms with van der Waals surface area (Å²) in [5.41, 5.74) is 1.93. The van der Waals surface area contributed by atoms with Gasteiger partial charge in [0.2, 0.25) is 0 Å². The average Bonchev–Trinajstić information content (AvgIpc) is 3.08. The molecule has 34 heavy (non-hydrogen) atoms. The monoisotopic (exact) mass is 476 g/mol. The fraction of sp³-hybridized carbons (Fsp3) is 0.222. The van der Waals surface area contributed by atoms with Gasteiger partial charge in [0.05, 0.1) is 18.2 Å². The lowest BCUT2D eigenvalue weighted by Crippen LogP contribution is -2.29. The maximum atomic E-state index is 13.2. The third kappa shape index (κ3) is 4.97. The fourth-order valence-electron chi connectivity index (χ4n) is 3.88. The van der Waals surface area contributed by atoms with E-state index in [1.807, 2.05) is 24.3 Å². The Bertz CT molecular complexity index is 1220. The maximum Gasteiger partial charge on any atom is 0.295 e. The van der Waals surface area contributed by atoms with Gasteiger partial charge in [-0.2, -0.15) is 0 Å². The molecule has 1 fully saturated rings. The number of aliphatic hydroxyl groups is 1. The van der Waals surface area contributed by atoms with Gasteiger partial charge in [0.15, 0.2) is 0 Å². The van der Waals surface area contributed by atoms with E-state index in [9.17, 15) is 14.7 Å². The van der Waals surface area contributed by atoms with Gasteiger partial charge in [-0.25, -0.2) is 0 Å². The number of aromatic nitrogens is 1. The van der Waals surface area contributed by atoms with Crippen molar-refractivity contribution in [3.8, 4) is 5.75 Å². The number of pyridine rings is 1. The zero-order valence-corrected chi connectivity index (χ0v) is 19.7. The molecule has 1 aliphatic heterocycles. The molecule has 0 saturated carbocycles. The Kier molecular flexibility index (Phi) is 6.98. The van der Waals surface area contributed by atoms with Crippen molar-refractivity contribution in [3.63, 3.8) is 0 Å². The SMILES string of the molecule is CC(C)COc1cccc(C2/C(=C(/O)c3ccc(Cl)cc3)C(=O)C(=O)N2Cc2ccncc2)c1. The fourth-order valence-corrected chi connectivity index (χ4v) is 4.00. The second-order valence-electron chi connectivity index (χ2n) is 8.57. The van der Waals surface area contributed by atoms with Crippen LogP contribution in [0.4, 0.5) is 0 Å². The quantitative estimate of drug-likeness (QED) is 0.281. The van der Waals surface area contributed by atoms with Crippen molar-refractivity contribution in [2.45, 2.75) is 26.4 Å². The van der Waals surface area contributed by atoms with Gasteiger partial charge in [-0.05, 0) is 65.6 Å². The summed E-state index contributed by atoms with van der Waals surface area (Å²) in [7, 11) is 0. The highest BCUT2D eigenvalue weighted by Gasteiger charge is 2.46. The predicted molar refractivity (Wildman–Crippen MR) is 130 cm³/mol. The lowest BCUT2D eigenvalue weighted by atomic mass is 9.95. The lowest BCUT2D eigenvalue weighted by Gasteiger charge is -2.26. The number of ketones is 1. The molecule has 4 rings (SSSR count). The zero-order chi connectivity index (χ0) is 24.2. The minimum Gasteiger partial charge on any atom is -0.507 e. The summed E-state index contributed by atoms with van der Waals surface area (Å²) in [6.07, 6.45) is 3.27. The number of amides is 1. The minimum absolute atomic E-state index is 0.0300. The second-order valence-corrected chi connectivity index (χ2v) is 9.00. The van der Waals surface area contributed by atoms with Gasteiger partial charge < -0.3 is 14.7 Å². The Morgan fingerprint density at radius 3 is 2.47 bits per heavy atom. The molecule has 6 nitrogen and oxygen atoms in total. The van der Waals surface area contributed by atoms with Crippen LogP contribution < -0.4 is 4.74 Å². The van der Waals surface area contributed by atoms with Crippen molar-refractivity contribution < 1.29 is 19.4 Å². The van der Waals surface area contributed by atoms with Crippen molar-refractivity contribution in [1.82, 2.24) is 9.88 Å². The number of nitrogens with zero attached hydrogens (tertiary/aromatic N) is 2. The van der Waals surface area contributed by atoms with Gasteiger partial charge in [-0.15, -0.1) is 0 Å². The van der Waals surface area contributed by atoms with Crippen LogP contribution >= 0.6 is 11.6 Å². The van der Waals surface area contributed by atoms with Crippen LogP contribution in [0.25, 0.3) is 5.76 Å². The third-order valence-corrected chi connectivity index (χ3v) is 5.77. The number of halogens is 1. The Hall–Kier alpha value is -3.64. The van der Waals surface area contributed by atoms with E-state index in [2.05, 4.69) is 18.8 Å². The largest absolute Gasteiger partial charge is 0.507 e. The first-order valence-corrected chi connectivity index (χ1v) is 11.4. The summed E-state index contributed by atoms with van der Waals surface area (Å²) in [6, 6.07) is 16.6. The standard InChI is InChI=1S/C27H25ClN2O4/c1-17(2)16-34-22-5-3-4-20(14-22)24-23(25(31)19-6-8-21(28)9-7-19)26(32)27(33)30(24)15-18-10-12-29-13-11-18/h3-14,17,24,31H,15-16H2,1-2H3/b25-23-. The van der Waals surface area contributed by atoms with E-state index in [1.165, 1.54) is 4.90 Å². The molecule has 0 bridgehead atoms. The topological polar surface area (TPSA) is 79.7 Å². The molecule has 1 N–H and O–H groups in total. The van der Waals surface area contributed by atoms with Crippen LogP contribution in [-0.4, -0.2) is 33.3 Å². The Morgan fingerprint density at radius 1 is 1.09 bits per heavy atom. The molecule has 0 spiro atoms. The summed E-state index contributed by atoms with van der Waals surface area (Å²) < 4.78 is 5.88. The number of hydrogen-bond donors (Lipinski definition) is 1. The number of Topliss-reactive ketones (excluding diaryl/α,β-unsaturated/α-hetero) is 1. The van der Waals surface area contributed by atoms with E-state index in [0.717, 1.165) is 5.56 Å². The molecule has 0 aliphatic carbocycles. The van der Waals surface area contributed by atoms with Crippen molar-refractivity contribution >= 4 is 29.1 Å². The molecule has 1 saturated heterocycles. The van der Waals surface area contributed by atoms with E-state index in [4.69, 9.17) is 16.3 Å². The molecule has 2 heterocycles. The van der Waals surface area contributed by atoms with Crippen LogP contribution in [0, 0.1) is 5.92 Å². The van der Waals surface area contributed by atoms with E-state index < -0.39 is 17.7 Å². The van der Waals surface area contributed by atoms with Gasteiger partial charge >= 0.3 is 0 Å². The van der Waals surface area contributed by atoms with Crippen LogP contribution in [0.1, 0.15) is 36.6 Å². The van der Waals surface area contributed by atoms with E-state index in [0.29, 0.717) is 34.4 Å². The summed E-state index contributed by atoms with van der Waals surface area (Å²) in [5, 5.41) is 11.7. The molecule has 1 atom stereocenters. The number of rotatable bonds is 7. The molecular weight excluding hydrogens is 452 g/mol. The molecule has 7 heteroatoms. The van der Waals surface area contributed by atoms with Crippen LogP contribution in [0.3, 0.4) is 0 Å². The molecule has 2 aromatic carbocycles. The predicted octanol–water partition coefficient (Wildman–Crippen LogP) is 5.39. The van der Waals surface area contributed by atoms with Gasteiger partial charge in [-0.1, -0.05) is 37.6 Å². The van der Waals surface area contributed by atoms with E-state index in [-0.39, 0.29) is 17.9 Å². The van der Waals surface area contributed by atoms with Gasteiger partial charge in [-0.3, -0.25) is 14.6 Å². The summed E-state index contributed by atoms with van der Waals surface area (Å²) in [6.45, 7) is 4.83. The number of benzene rings is 2. The minimum atomic E-state index is -0.786. The zero-order valence-electron chi connectivity index (χ0n) is 18.9. The highest BCUT2D eigenvalue weighted by molar-refractivity contribution is 6.46. The van der Waals surface area contributed by atoms with Gasteiger partial charge in [0.25, 0.3) is 11.7 Å². The number of likely N-dealkylation sites (tertiary alicyclic amines) is 1. The number of hydrogen-bond acceptors (Lipinski definition) is 5. The van der Waals surface area contributed by atoms with Crippen LogP contribution in [0.5, 0.6) is 5.75 Å². The molecular formula is C27H25ClN2O4. The van der Waals surface area contributed by atoms with Crippen molar-refractivity contribution in [3.05, 3.63) is 100 Å².